The number of hydrogen-bond acceptors (Lipinski definition) is 5. The molecule has 0 unspecified atom stereocenters. The number of phenolic OH excluding ortho intramolecular Hbond substituents is 1. The van der Waals surface area contributed by atoms with Gasteiger partial charge in [-0.3, -0.25) is 0 Å². The predicted octanol–water partition coefficient (Wildman–Crippen LogP) is 3.78. The fourth-order valence-electron chi connectivity index (χ4n) is 2.42. The highest BCUT2D eigenvalue weighted by molar-refractivity contribution is 7.09. The lowest BCUT2D eigenvalue weighted by molar-refractivity contribution is 0.475. The monoisotopic (exact) mass is 322 g/mol. The molecule has 3 aromatic heterocycles. The van der Waals surface area contributed by atoms with E-state index in [2.05, 4.69) is 26.8 Å². The second-order valence-electron chi connectivity index (χ2n) is 5.12. The van der Waals surface area contributed by atoms with Crippen molar-refractivity contribution in [2.45, 2.75) is 6.54 Å². The zero-order valence-corrected chi connectivity index (χ0v) is 13.0. The molecule has 0 spiro atoms. The van der Waals surface area contributed by atoms with Crippen LogP contribution in [-0.4, -0.2) is 19.7 Å². The number of thiophene rings is 1. The van der Waals surface area contributed by atoms with Gasteiger partial charge < -0.3 is 10.4 Å². The summed E-state index contributed by atoms with van der Waals surface area (Å²) in [5.74, 6) is 1.01. The molecule has 0 aliphatic heterocycles. The standard InChI is InChI=1S/C17H14N4OS/c22-13-4-1-3-12(9-13)15-11-19-17-7-6-16(20-21(15)17)18-10-14-5-2-8-23-14/h1-9,11,22H,10H2,(H,18,20). The van der Waals surface area contributed by atoms with E-state index in [9.17, 15) is 5.11 Å². The highest BCUT2D eigenvalue weighted by Gasteiger charge is 2.08. The van der Waals surface area contributed by atoms with Gasteiger partial charge in [-0.25, -0.2) is 9.50 Å². The van der Waals surface area contributed by atoms with E-state index in [1.807, 2.05) is 30.3 Å². The first kappa shape index (κ1) is 13.8. The fraction of sp³-hybridized carbons (Fsp3) is 0.0588. The summed E-state index contributed by atoms with van der Waals surface area (Å²) in [5.41, 5.74) is 2.49. The van der Waals surface area contributed by atoms with E-state index in [-0.39, 0.29) is 5.75 Å². The van der Waals surface area contributed by atoms with Crippen molar-refractivity contribution in [3.05, 3.63) is 65.0 Å². The number of nitrogens with zero attached hydrogens (tertiary/aromatic N) is 3. The number of hydrogen-bond donors (Lipinski definition) is 2. The summed E-state index contributed by atoms with van der Waals surface area (Å²) in [7, 11) is 0. The summed E-state index contributed by atoms with van der Waals surface area (Å²) in [6.45, 7) is 0.742. The van der Waals surface area contributed by atoms with Gasteiger partial charge in [0.05, 0.1) is 18.4 Å². The molecule has 0 radical (unpaired) electrons. The Kier molecular flexibility index (Phi) is 3.44. The largest absolute Gasteiger partial charge is 0.508 e. The molecule has 0 aliphatic carbocycles. The maximum absolute atomic E-state index is 9.67. The Bertz CT molecular complexity index is 946. The molecule has 0 amide bonds. The first-order valence-electron chi connectivity index (χ1n) is 7.20. The Hall–Kier alpha value is -2.86. The Morgan fingerprint density at radius 1 is 1.13 bits per heavy atom. The first-order chi connectivity index (χ1) is 11.3. The molecule has 0 atom stereocenters. The molecule has 6 heteroatoms. The van der Waals surface area contributed by atoms with Crippen LogP contribution < -0.4 is 5.32 Å². The van der Waals surface area contributed by atoms with Crippen LogP contribution in [0.3, 0.4) is 0 Å². The number of benzene rings is 1. The summed E-state index contributed by atoms with van der Waals surface area (Å²) in [6.07, 6.45) is 1.76. The molecule has 5 nitrogen and oxygen atoms in total. The number of anilines is 1. The van der Waals surface area contributed by atoms with Crippen molar-refractivity contribution in [3.63, 3.8) is 0 Å². The predicted molar refractivity (Wildman–Crippen MR) is 91.7 cm³/mol. The molecular weight excluding hydrogens is 308 g/mol. The maximum Gasteiger partial charge on any atom is 0.154 e. The Morgan fingerprint density at radius 2 is 2.09 bits per heavy atom. The second-order valence-corrected chi connectivity index (χ2v) is 6.15. The number of imidazole rings is 1. The molecule has 3 heterocycles. The molecule has 23 heavy (non-hydrogen) atoms. The van der Waals surface area contributed by atoms with Crippen LogP contribution in [0, 0.1) is 0 Å². The topological polar surface area (TPSA) is 62.5 Å². The molecule has 0 fully saturated rings. The van der Waals surface area contributed by atoms with Gasteiger partial charge in [0.15, 0.2) is 5.65 Å². The molecule has 0 saturated carbocycles. The summed E-state index contributed by atoms with van der Waals surface area (Å²) in [6, 6.07) is 15.1. The highest BCUT2D eigenvalue weighted by Crippen LogP contribution is 2.24. The minimum Gasteiger partial charge on any atom is -0.508 e. The summed E-state index contributed by atoms with van der Waals surface area (Å²) < 4.78 is 1.78. The molecule has 4 aromatic rings. The molecule has 1 aromatic carbocycles. The second kappa shape index (κ2) is 5.73. The van der Waals surface area contributed by atoms with Gasteiger partial charge in [-0.05, 0) is 35.7 Å². The van der Waals surface area contributed by atoms with E-state index in [4.69, 9.17) is 0 Å². The minimum atomic E-state index is 0.226. The quantitative estimate of drug-likeness (QED) is 0.600. The van der Waals surface area contributed by atoms with Crippen LogP contribution in [0.1, 0.15) is 4.88 Å². The van der Waals surface area contributed by atoms with Crippen LogP contribution >= 0.6 is 11.3 Å². The zero-order valence-electron chi connectivity index (χ0n) is 12.2. The average Bonchev–Trinajstić information content (AvgIpc) is 3.22. The Balaban J connectivity index is 1.68. The number of phenols is 1. The molecule has 114 valence electrons. The van der Waals surface area contributed by atoms with Crippen molar-refractivity contribution < 1.29 is 5.11 Å². The molecule has 2 N–H and O–H groups in total. The van der Waals surface area contributed by atoms with Crippen LogP contribution in [-0.2, 0) is 6.54 Å². The van der Waals surface area contributed by atoms with Gasteiger partial charge in [0, 0.05) is 10.4 Å². The van der Waals surface area contributed by atoms with Crippen LogP contribution in [0.4, 0.5) is 5.82 Å². The molecule has 4 rings (SSSR count). The third kappa shape index (κ3) is 2.76. The summed E-state index contributed by atoms with van der Waals surface area (Å²) >= 11 is 1.71. The third-order valence-corrected chi connectivity index (χ3v) is 4.40. The number of fused-ring (bicyclic) bond motifs is 1. The lowest BCUT2D eigenvalue weighted by atomic mass is 10.1. The van der Waals surface area contributed by atoms with Gasteiger partial charge in [-0.15, -0.1) is 16.4 Å². The molecule has 0 bridgehead atoms. The van der Waals surface area contributed by atoms with Crippen molar-refractivity contribution >= 4 is 22.8 Å². The lowest BCUT2D eigenvalue weighted by Crippen LogP contribution is -2.03. The highest BCUT2D eigenvalue weighted by atomic mass is 32.1. The Morgan fingerprint density at radius 3 is 2.91 bits per heavy atom. The SMILES string of the molecule is Oc1cccc(-c2cnc3ccc(NCc4cccs4)nn23)c1. The number of nitrogens with one attached hydrogen (secondary N) is 1. The third-order valence-electron chi connectivity index (χ3n) is 3.53. The molecule has 0 aliphatic rings. The van der Waals surface area contributed by atoms with Crippen molar-refractivity contribution in [1.29, 1.82) is 0 Å². The van der Waals surface area contributed by atoms with Gasteiger partial charge in [0.25, 0.3) is 0 Å². The smallest absolute Gasteiger partial charge is 0.154 e. The lowest BCUT2D eigenvalue weighted by Gasteiger charge is -2.06. The normalized spacial score (nSPS) is 11.0. The molecular formula is C17H14N4OS. The zero-order chi connectivity index (χ0) is 15.6. The van der Waals surface area contributed by atoms with Crippen molar-refractivity contribution in [1.82, 2.24) is 14.6 Å². The van der Waals surface area contributed by atoms with Crippen molar-refractivity contribution in [3.8, 4) is 17.0 Å². The van der Waals surface area contributed by atoms with Crippen molar-refractivity contribution in [2.75, 3.05) is 5.32 Å². The van der Waals surface area contributed by atoms with Gasteiger partial charge >= 0.3 is 0 Å². The Labute approximate surface area is 136 Å². The van der Waals surface area contributed by atoms with Crippen LogP contribution in [0.25, 0.3) is 16.9 Å². The van der Waals surface area contributed by atoms with Crippen LogP contribution in [0.2, 0.25) is 0 Å². The van der Waals surface area contributed by atoms with E-state index in [1.165, 1.54) is 4.88 Å². The van der Waals surface area contributed by atoms with Gasteiger partial charge in [-0.1, -0.05) is 18.2 Å². The van der Waals surface area contributed by atoms with Gasteiger partial charge in [0.2, 0.25) is 0 Å². The van der Waals surface area contributed by atoms with E-state index >= 15 is 0 Å². The fourth-order valence-corrected chi connectivity index (χ4v) is 3.07. The van der Waals surface area contributed by atoms with E-state index in [0.29, 0.717) is 0 Å². The van der Waals surface area contributed by atoms with E-state index in [0.717, 1.165) is 29.3 Å². The number of aromatic hydroxyl groups is 1. The van der Waals surface area contributed by atoms with Gasteiger partial charge in [0.1, 0.15) is 11.6 Å². The molecule has 0 saturated heterocycles. The average molecular weight is 322 g/mol. The summed E-state index contributed by atoms with van der Waals surface area (Å²) in [4.78, 5) is 5.62. The number of rotatable bonds is 4. The maximum atomic E-state index is 9.67. The first-order valence-corrected chi connectivity index (χ1v) is 8.08. The van der Waals surface area contributed by atoms with E-state index in [1.54, 1.807) is 34.2 Å². The minimum absolute atomic E-state index is 0.226. The van der Waals surface area contributed by atoms with Crippen LogP contribution in [0.5, 0.6) is 5.75 Å². The van der Waals surface area contributed by atoms with Crippen molar-refractivity contribution in [2.24, 2.45) is 0 Å². The summed E-state index contributed by atoms with van der Waals surface area (Å²) in [5, 5.41) is 19.7. The van der Waals surface area contributed by atoms with E-state index < -0.39 is 0 Å². The van der Waals surface area contributed by atoms with Crippen LogP contribution in [0.15, 0.2) is 60.1 Å². The van der Waals surface area contributed by atoms with Gasteiger partial charge in [-0.2, -0.15) is 0 Å². The number of aromatic nitrogens is 3.